The number of aromatic amines is 1. The molecule has 2 amide bonds. The molecule has 0 unspecified atom stereocenters. The lowest BCUT2D eigenvalue weighted by Gasteiger charge is -2.09. The number of rotatable bonds is 5. The van der Waals surface area contributed by atoms with Crippen molar-refractivity contribution in [3.8, 4) is 11.4 Å². The fourth-order valence-electron chi connectivity index (χ4n) is 2.49. The van der Waals surface area contributed by atoms with E-state index in [4.69, 9.17) is 0 Å². The average Bonchev–Trinajstić information content (AvgIpc) is 2.62. The third-order valence-electron chi connectivity index (χ3n) is 3.66. The summed E-state index contributed by atoms with van der Waals surface area (Å²) in [6.45, 7) is 2.24. The Morgan fingerprint density at radius 3 is 2.81 bits per heavy atom. The van der Waals surface area contributed by atoms with Crippen molar-refractivity contribution < 1.29 is 4.79 Å². The lowest BCUT2D eigenvalue weighted by molar-refractivity contribution is 0.252. The highest BCUT2D eigenvalue weighted by Crippen LogP contribution is 2.18. The highest BCUT2D eigenvalue weighted by atomic mass is 16.2. The molecule has 0 aliphatic rings. The van der Waals surface area contributed by atoms with Crippen LogP contribution in [0.25, 0.3) is 11.4 Å². The Labute approximate surface area is 150 Å². The number of benzene rings is 1. The van der Waals surface area contributed by atoms with E-state index < -0.39 is 0 Å². The molecule has 3 N–H and O–H groups in total. The molecule has 0 saturated heterocycles. The fraction of sp³-hybridized carbons (Fsp3) is 0.158. The molecule has 0 radical (unpaired) electrons. The Bertz CT molecular complexity index is 953. The Morgan fingerprint density at radius 2 is 2.04 bits per heavy atom. The van der Waals surface area contributed by atoms with Crippen LogP contribution in [-0.2, 0) is 6.42 Å². The highest BCUT2D eigenvalue weighted by Gasteiger charge is 2.06. The third kappa shape index (κ3) is 4.76. The minimum absolute atomic E-state index is 0.210. The van der Waals surface area contributed by atoms with E-state index in [1.165, 1.54) is 6.07 Å². The average molecular weight is 349 g/mol. The molecule has 0 fully saturated rings. The molecule has 0 saturated carbocycles. The number of amides is 2. The standard InChI is InChI=1S/C19H19N5O2/c1-13-11-17(25)24-18(22-13)14-5-4-7-16(12-14)23-19(26)21-10-8-15-6-2-3-9-20-15/h2-7,9,11-12H,8,10H2,1H3,(H2,21,23,26)(H,22,24,25). The summed E-state index contributed by atoms with van der Waals surface area (Å²) >= 11 is 0. The van der Waals surface area contributed by atoms with Crippen molar-refractivity contribution in [3.05, 3.63) is 76.5 Å². The lowest BCUT2D eigenvalue weighted by atomic mass is 10.2. The van der Waals surface area contributed by atoms with Gasteiger partial charge in [-0.05, 0) is 31.2 Å². The second-order valence-electron chi connectivity index (χ2n) is 5.77. The Hall–Kier alpha value is -3.48. The van der Waals surface area contributed by atoms with Crippen LogP contribution in [0.5, 0.6) is 0 Å². The number of carbonyl (C=O) groups is 1. The van der Waals surface area contributed by atoms with E-state index in [9.17, 15) is 9.59 Å². The van der Waals surface area contributed by atoms with Gasteiger partial charge in [-0.2, -0.15) is 0 Å². The molecule has 0 aliphatic carbocycles. The number of hydrogen-bond donors (Lipinski definition) is 3. The number of H-pyrrole nitrogens is 1. The molecule has 26 heavy (non-hydrogen) atoms. The number of pyridine rings is 1. The van der Waals surface area contributed by atoms with Gasteiger partial charge < -0.3 is 15.6 Å². The van der Waals surface area contributed by atoms with Gasteiger partial charge in [-0.15, -0.1) is 0 Å². The van der Waals surface area contributed by atoms with E-state index in [2.05, 4.69) is 25.6 Å². The van der Waals surface area contributed by atoms with Crippen LogP contribution in [0.3, 0.4) is 0 Å². The SMILES string of the molecule is Cc1cc(=O)[nH]c(-c2cccc(NC(=O)NCCc3ccccn3)c2)n1. The van der Waals surface area contributed by atoms with Crippen molar-refractivity contribution in [2.75, 3.05) is 11.9 Å². The molecule has 132 valence electrons. The number of carbonyl (C=O) groups excluding carboxylic acids is 1. The van der Waals surface area contributed by atoms with Gasteiger partial charge in [0, 0.05) is 47.9 Å². The van der Waals surface area contributed by atoms with Crippen molar-refractivity contribution in [1.82, 2.24) is 20.3 Å². The van der Waals surface area contributed by atoms with Gasteiger partial charge >= 0.3 is 6.03 Å². The number of urea groups is 1. The normalized spacial score (nSPS) is 10.3. The lowest BCUT2D eigenvalue weighted by Crippen LogP contribution is -2.30. The molecule has 2 aromatic heterocycles. The van der Waals surface area contributed by atoms with Gasteiger partial charge in [0.1, 0.15) is 5.82 Å². The van der Waals surface area contributed by atoms with Gasteiger partial charge in [-0.25, -0.2) is 9.78 Å². The van der Waals surface area contributed by atoms with Crippen LogP contribution in [0.4, 0.5) is 10.5 Å². The minimum Gasteiger partial charge on any atom is -0.337 e. The van der Waals surface area contributed by atoms with Crippen molar-refractivity contribution in [1.29, 1.82) is 0 Å². The Balaban J connectivity index is 1.61. The van der Waals surface area contributed by atoms with Crippen LogP contribution < -0.4 is 16.2 Å². The molecule has 3 rings (SSSR count). The molecule has 0 bridgehead atoms. The zero-order chi connectivity index (χ0) is 18.4. The summed E-state index contributed by atoms with van der Waals surface area (Å²) in [5.74, 6) is 0.467. The molecular weight excluding hydrogens is 330 g/mol. The zero-order valence-electron chi connectivity index (χ0n) is 14.3. The third-order valence-corrected chi connectivity index (χ3v) is 3.66. The molecule has 0 aliphatic heterocycles. The quantitative estimate of drug-likeness (QED) is 0.659. The number of nitrogens with zero attached hydrogens (tertiary/aromatic N) is 2. The van der Waals surface area contributed by atoms with E-state index in [0.29, 0.717) is 30.2 Å². The van der Waals surface area contributed by atoms with Crippen molar-refractivity contribution >= 4 is 11.7 Å². The molecule has 3 aromatic rings. The summed E-state index contributed by atoms with van der Waals surface area (Å²) in [6, 6.07) is 14.0. The molecule has 7 nitrogen and oxygen atoms in total. The first-order valence-corrected chi connectivity index (χ1v) is 8.23. The molecule has 7 heteroatoms. The largest absolute Gasteiger partial charge is 0.337 e. The van der Waals surface area contributed by atoms with E-state index in [1.807, 2.05) is 24.3 Å². The van der Waals surface area contributed by atoms with Gasteiger partial charge in [0.15, 0.2) is 0 Å². The Morgan fingerprint density at radius 1 is 1.15 bits per heavy atom. The first-order chi connectivity index (χ1) is 12.6. The van der Waals surface area contributed by atoms with E-state index in [-0.39, 0.29) is 11.6 Å². The van der Waals surface area contributed by atoms with Crippen LogP contribution in [0.2, 0.25) is 0 Å². The summed E-state index contributed by atoms with van der Waals surface area (Å²) in [5.41, 5.74) is 2.68. The first kappa shape index (κ1) is 17.3. The van der Waals surface area contributed by atoms with E-state index in [0.717, 1.165) is 11.3 Å². The monoisotopic (exact) mass is 349 g/mol. The predicted octanol–water partition coefficient (Wildman–Crippen LogP) is 2.50. The maximum Gasteiger partial charge on any atom is 0.319 e. The summed E-state index contributed by atoms with van der Waals surface area (Å²) in [7, 11) is 0. The second kappa shape index (κ2) is 8.06. The first-order valence-electron chi connectivity index (χ1n) is 8.23. The molecular formula is C19H19N5O2. The Kier molecular flexibility index (Phi) is 5.38. The summed E-state index contributed by atoms with van der Waals surface area (Å²) < 4.78 is 0. The maximum absolute atomic E-state index is 12.0. The number of aryl methyl sites for hydroxylation is 1. The van der Waals surface area contributed by atoms with Crippen molar-refractivity contribution in [3.63, 3.8) is 0 Å². The highest BCUT2D eigenvalue weighted by molar-refractivity contribution is 5.89. The van der Waals surface area contributed by atoms with Crippen molar-refractivity contribution in [2.24, 2.45) is 0 Å². The summed E-state index contributed by atoms with van der Waals surface area (Å²) in [4.78, 5) is 34.9. The van der Waals surface area contributed by atoms with Gasteiger partial charge in [-0.3, -0.25) is 9.78 Å². The second-order valence-corrected chi connectivity index (χ2v) is 5.77. The summed E-state index contributed by atoms with van der Waals surface area (Å²) in [5, 5.41) is 5.57. The number of anilines is 1. The smallest absolute Gasteiger partial charge is 0.319 e. The number of hydrogen-bond acceptors (Lipinski definition) is 4. The molecule has 0 spiro atoms. The van der Waals surface area contributed by atoms with E-state index in [1.54, 1.807) is 31.3 Å². The van der Waals surface area contributed by atoms with Crippen LogP contribution >= 0.6 is 0 Å². The van der Waals surface area contributed by atoms with Crippen LogP contribution in [0, 0.1) is 6.92 Å². The molecule has 1 aromatic carbocycles. The van der Waals surface area contributed by atoms with Gasteiger partial charge in [-0.1, -0.05) is 18.2 Å². The van der Waals surface area contributed by atoms with Crippen molar-refractivity contribution in [2.45, 2.75) is 13.3 Å². The topological polar surface area (TPSA) is 99.8 Å². The molecule has 0 atom stereocenters. The van der Waals surface area contributed by atoms with Gasteiger partial charge in [0.25, 0.3) is 5.56 Å². The van der Waals surface area contributed by atoms with E-state index >= 15 is 0 Å². The minimum atomic E-state index is -0.302. The molecule has 2 heterocycles. The predicted molar refractivity (Wildman–Crippen MR) is 100.0 cm³/mol. The maximum atomic E-state index is 12.0. The zero-order valence-corrected chi connectivity index (χ0v) is 14.3. The number of aromatic nitrogens is 3. The van der Waals surface area contributed by atoms with Gasteiger partial charge in [0.05, 0.1) is 0 Å². The van der Waals surface area contributed by atoms with Gasteiger partial charge in [0.2, 0.25) is 0 Å². The van der Waals surface area contributed by atoms with Crippen LogP contribution in [0.15, 0.2) is 59.5 Å². The van der Waals surface area contributed by atoms with Crippen LogP contribution in [-0.4, -0.2) is 27.5 Å². The van der Waals surface area contributed by atoms with Crippen LogP contribution in [0.1, 0.15) is 11.4 Å². The summed E-state index contributed by atoms with van der Waals surface area (Å²) in [6.07, 6.45) is 2.38. The number of nitrogens with one attached hydrogen (secondary N) is 3. The fourth-order valence-corrected chi connectivity index (χ4v) is 2.49.